The fraction of sp³-hybridized carbons (Fsp3) is 0.435. The lowest BCUT2D eigenvalue weighted by molar-refractivity contribution is -0.154. The molecule has 180 valence electrons. The maximum atomic E-state index is 12.5. The zero-order valence-electron chi connectivity index (χ0n) is 18.9. The molecule has 2 aromatic rings. The average Bonchev–Trinajstić information content (AvgIpc) is 3.41. The molecule has 3 amide bonds. The molecule has 1 aromatic heterocycles. The van der Waals surface area contributed by atoms with Crippen molar-refractivity contribution in [3.63, 3.8) is 0 Å². The summed E-state index contributed by atoms with van der Waals surface area (Å²) in [6, 6.07) is 5.30. The maximum absolute atomic E-state index is 12.5. The summed E-state index contributed by atoms with van der Waals surface area (Å²) in [5.41, 5.74) is 1.28. The van der Waals surface area contributed by atoms with Gasteiger partial charge in [-0.1, -0.05) is 12.8 Å². The van der Waals surface area contributed by atoms with E-state index in [0.29, 0.717) is 40.7 Å². The maximum Gasteiger partial charge on any atom is 0.326 e. The van der Waals surface area contributed by atoms with Crippen LogP contribution in [0.3, 0.4) is 0 Å². The Hall–Kier alpha value is -3.47. The van der Waals surface area contributed by atoms with Crippen molar-refractivity contribution in [1.29, 1.82) is 0 Å². The van der Waals surface area contributed by atoms with E-state index < -0.39 is 25.0 Å². The highest BCUT2D eigenvalue weighted by Crippen LogP contribution is 2.38. The minimum Gasteiger partial charge on any atom is -0.497 e. The molecule has 10 nitrogen and oxygen atoms in total. The van der Waals surface area contributed by atoms with Gasteiger partial charge in [-0.05, 0) is 31.0 Å². The Balaban J connectivity index is 1.30. The first-order valence-corrected chi connectivity index (χ1v) is 11.8. The molecule has 2 aliphatic rings. The molecular formula is C23H25N3O7S. The molecule has 1 aliphatic heterocycles. The minimum absolute atomic E-state index is 0.315. The molecule has 1 saturated carbocycles. The van der Waals surface area contributed by atoms with E-state index in [1.807, 2.05) is 0 Å². The van der Waals surface area contributed by atoms with Gasteiger partial charge in [-0.15, -0.1) is 11.3 Å². The van der Waals surface area contributed by atoms with Crippen LogP contribution in [-0.4, -0.2) is 60.9 Å². The predicted octanol–water partition coefficient (Wildman–Crippen LogP) is 2.48. The second kappa shape index (κ2) is 10.2. The summed E-state index contributed by atoms with van der Waals surface area (Å²) in [6.07, 6.45) is 3.14. The molecule has 34 heavy (non-hydrogen) atoms. The number of ether oxygens (including phenoxy) is 3. The number of carbonyl (C=O) groups excluding carboxylic acids is 4. The minimum atomic E-state index is -0.809. The van der Waals surface area contributed by atoms with Crippen LogP contribution in [0, 0.1) is 11.8 Å². The van der Waals surface area contributed by atoms with Crippen molar-refractivity contribution in [1.82, 2.24) is 9.88 Å². The van der Waals surface area contributed by atoms with Crippen LogP contribution in [0.25, 0.3) is 11.3 Å². The van der Waals surface area contributed by atoms with Crippen LogP contribution < -0.4 is 14.8 Å². The number of rotatable bonds is 8. The number of methoxy groups -OCH3 is 2. The van der Waals surface area contributed by atoms with Gasteiger partial charge in [0.25, 0.3) is 5.91 Å². The third kappa shape index (κ3) is 4.89. The van der Waals surface area contributed by atoms with Crippen molar-refractivity contribution in [2.75, 3.05) is 32.7 Å². The van der Waals surface area contributed by atoms with Crippen LogP contribution in [0.4, 0.5) is 5.13 Å². The molecule has 2 fully saturated rings. The van der Waals surface area contributed by atoms with Crippen LogP contribution in [0.2, 0.25) is 0 Å². The standard InChI is InChI=1S/C23H25N3O7S/c1-31-13-7-8-18(32-2)16(9-13)17-12-34-23(24-17)25-19(27)11-33-20(28)10-26-21(29)14-5-3-4-6-15(14)22(26)30/h7-9,12,14-15H,3-6,10-11H2,1-2H3,(H,24,25,27). The third-order valence-corrected chi connectivity index (χ3v) is 6.77. The quantitative estimate of drug-likeness (QED) is 0.445. The number of aromatic nitrogens is 1. The van der Waals surface area contributed by atoms with Gasteiger partial charge < -0.3 is 14.2 Å². The van der Waals surface area contributed by atoms with Crippen molar-refractivity contribution in [2.24, 2.45) is 11.8 Å². The molecule has 0 spiro atoms. The number of fused-ring (bicyclic) bond motifs is 1. The van der Waals surface area contributed by atoms with E-state index in [2.05, 4.69) is 10.3 Å². The first-order valence-electron chi connectivity index (χ1n) is 10.9. The van der Waals surface area contributed by atoms with Gasteiger partial charge in [0.15, 0.2) is 11.7 Å². The summed E-state index contributed by atoms with van der Waals surface area (Å²) in [5, 5.41) is 4.64. The first-order chi connectivity index (χ1) is 16.4. The molecule has 2 atom stereocenters. The average molecular weight is 488 g/mol. The monoisotopic (exact) mass is 487 g/mol. The largest absolute Gasteiger partial charge is 0.497 e. The molecular weight excluding hydrogens is 462 g/mol. The lowest BCUT2D eigenvalue weighted by atomic mass is 9.81. The second-order valence-electron chi connectivity index (χ2n) is 8.07. The van der Waals surface area contributed by atoms with Gasteiger partial charge in [0.1, 0.15) is 18.0 Å². The second-order valence-corrected chi connectivity index (χ2v) is 8.93. The molecule has 1 N–H and O–H groups in total. The zero-order chi connectivity index (χ0) is 24.2. The zero-order valence-corrected chi connectivity index (χ0v) is 19.7. The van der Waals surface area contributed by atoms with E-state index in [4.69, 9.17) is 14.2 Å². The summed E-state index contributed by atoms with van der Waals surface area (Å²) in [5.74, 6) is -1.46. The Morgan fingerprint density at radius 3 is 2.47 bits per heavy atom. The van der Waals surface area contributed by atoms with Gasteiger partial charge >= 0.3 is 5.97 Å². The number of anilines is 1. The number of esters is 1. The Bertz CT molecular complexity index is 1090. The predicted molar refractivity (Wildman–Crippen MR) is 122 cm³/mol. The Morgan fingerprint density at radius 1 is 1.12 bits per heavy atom. The van der Waals surface area contributed by atoms with E-state index in [9.17, 15) is 19.2 Å². The summed E-state index contributed by atoms with van der Waals surface area (Å²) in [4.78, 5) is 54.7. The molecule has 11 heteroatoms. The molecule has 2 unspecified atom stereocenters. The smallest absolute Gasteiger partial charge is 0.326 e. The van der Waals surface area contributed by atoms with E-state index in [-0.39, 0.29) is 23.7 Å². The van der Waals surface area contributed by atoms with E-state index in [0.717, 1.165) is 17.7 Å². The molecule has 1 saturated heterocycles. The molecule has 4 rings (SSSR count). The van der Waals surface area contributed by atoms with Gasteiger partial charge in [-0.3, -0.25) is 29.4 Å². The number of nitrogens with one attached hydrogen (secondary N) is 1. The van der Waals surface area contributed by atoms with Crippen molar-refractivity contribution in [3.05, 3.63) is 23.6 Å². The molecule has 0 radical (unpaired) electrons. The van der Waals surface area contributed by atoms with Crippen molar-refractivity contribution >= 4 is 40.2 Å². The van der Waals surface area contributed by atoms with Gasteiger partial charge in [-0.25, -0.2) is 4.98 Å². The lowest BCUT2D eigenvalue weighted by Gasteiger charge is -2.19. The highest BCUT2D eigenvalue weighted by atomic mass is 32.1. The van der Waals surface area contributed by atoms with Crippen molar-refractivity contribution in [2.45, 2.75) is 25.7 Å². The van der Waals surface area contributed by atoms with Gasteiger partial charge in [0.2, 0.25) is 11.8 Å². The topological polar surface area (TPSA) is 124 Å². The Labute approximate surface area is 200 Å². The third-order valence-electron chi connectivity index (χ3n) is 6.02. The number of nitrogens with zero attached hydrogens (tertiary/aromatic N) is 2. The van der Waals surface area contributed by atoms with Gasteiger partial charge in [0.05, 0.1) is 31.7 Å². The van der Waals surface area contributed by atoms with Crippen LogP contribution in [0.5, 0.6) is 11.5 Å². The summed E-state index contributed by atoms with van der Waals surface area (Å²) >= 11 is 1.20. The fourth-order valence-electron chi connectivity index (χ4n) is 4.33. The number of thiazole rings is 1. The van der Waals surface area contributed by atoms with Crippen molar-refractivity contribution < 1.29 is 33.4 Å². The molecule has 1 aromatic carbocycles. The van der Waals surface area contributed by atoms with Crippen LogP contribution in [0.15, 0.2) is 23.6 Å². The number of likely N-dealkylation sites (tertiary alicyclic amines) is 1. The summed E-state index contributed by atoms with van der Waals surface area (Å²) in [7, 11) is 3.11. The molecule has 2 heterocycles. The fourth-order valence-corrected chi connectivity index (χ4v) is 5.06. The number of imide groups is 1. The van der Waals surface area contributed by atoms with Gasteiger partial charge in [-0.2, -0.15) is 0 Å². The van der Waals surface area contributed by atoms with E-state index >= 15 is 0 Å². The van der Waals surface area contributed by atoms with E-state index in [1.165, 1.54) is 11.3 Å². The number of hydrogen-bond donors (Lipinski definition) is 1. The number of hydrogen-bond acceptors (Lipinski definition) is 9. The highest BCUT2D eigenvalue weighted by molar-refractivity contribution is 7.14. The normalized spacial score (nSPS) is 19.5. The van der Waals surface area contributed by atoms with Crippen LogP contribution >= 0.6 is 11.3 Å². The van der Waals surface area contributed by atoms with E-state index in [1.54, 1.807) is 37.8 Å². The van der Waals surface area contributed by atoms with Crippen LogP contribution in [-0.2, 0) is 23.9 Å². The number of benzene rings is 1. The summed E-state index contributed by atoms with van der Waals surface area (Å²) < 4.78 is 15.6. The van der Waals surface area contributed by atoms with Crippen molar-refractivity contribution in [3.8, 4) is 22.8 Å². The molecule has 1 aliphatic carbocycles. The van der Waals surface area contributed by atoms with Gasteiger partial charge in [0, 0.05) is 10.9 Å². The summed E-state index contributed by atoms with van der Waals surface area (Å²) in [6.45, 7) is -1.03. The first kappa shape index (κ1) is 23.7. The van der Waals surface area contributed by atoms with Crippen LogP contribution in [0.1, 0.15) is 25.7 Å². The number of carbonyl (C=O) groups is 4. The number of amides is 3. The highest BCUT2D eigenvalue weighted by Gasteiger charge is 2.48. The Kier molecular flexibility index (Phi) is 7.11. The SMILES string of the molecule is COc1ccc(OC)c(-c2csc(NC(=O)COC(=O)CN3C(=O)C4CCCCC4C3=O)n2)c1. The lowest BCUT2D eigenvalue weighted by Crippen LogP contribution is -2.37. The molecule has 0 bridgehead atoms. The Morgan fingerprint density at radius 2 is 1.82 bits per heavy atom.